The van der Waals surface area contributed by atoms with Gasteiger partial charge in [-0.05, 0) is 90.5 Å². The van der Waals surface area contributed by atoms with Crippen molar-refractivity contribution < 1.29 is 41.2 Å². The second kappa shape index (κ2) is 15.8. The molecule has 0 spiro atoms. The zero-order chi connectivity index (χ0) is 37.1. The summed E-state index contributed by atoms with van der Waals surface area (Å²) in [5, 5.41) is 2.75. The van der Waals surface area contributed by atoms with E-state index in [1.165, 1.54) is 6.07 Å². The Hall–Kier alpha value is -3.23. The number of hydrogen-bond donors (Lipinski definition) is 1. The molecule has 1 fully saturated rings. The molecular weight excluding hydrogens is 645 g/mol. The van der Waals surface area contributed by atoms with Gasteiger partial charge in [0.15, 0.2) is 0 Å². The molecule has 1 saturated heterocycles. The molecule has 3 atom stereocenters. The Kier molecular flexibility index (Phi) is 12.9. The summed E-state index contributed by atoms with van der Waals surface area (Å²) >= 11 is 0. The first-order chi connectivity index (χ1) is 22.6. The van der Waals surface area contributed by atoms with Crippen molar-refractivity contribution >= 4 is 24.5 Å². The second-order valence-corrected chi connectivity index (χ2v) is 14.1. The molecule has 1 aliphatic heterocycles. The van der Waals surface area contributed by atoms with Crippen LogP contribution in [0.1, 0.15) is 102 Å². The maximum absolute atomic E-state index is 16.0. The van der Waals surface area contributed by atoms with E-state index in [2.05, 4.69) is 5.32 Å². The highest BCUT2D eigenvalue weighted by Crippen LogP contribution is 2.40. The number of aryl methyl sites for hydroxylation is 1. The Balaban J connectivity index is 2.12. The molecule has 1 amide bonds. The number of hydrogen-bond acceptors (Lipinski definition) is 7. The zero-order valence-electron chi connectivity index (χ0n) is 30.2. The van der Waals surface area contributed by atoms with Crippen molar-refractivity contribution in [3.63, 3.8) is 0 Å². The summed E-state index contributed by atoms with van der Waals surface area (Å²) in [6, 6.07) is 1.06. The minimum Gasteiger partial charge on any atom is -0.466 e. The van der Waals surface area contributed by atoms with Gasteiger partial charge in [-0.3, -0.25) is 14.4 Å². The Morgan fingerprint density at radius 1 is 1.10 bits per heavy atom. The van der Waals surface area contributed by atoms with Gasteiger partial charge in [-0.1, -0.05) is 32.9 Å². The van der Waals surface area contributed by atoms with Crippen LogP contribution in [0, 0.1) is 18.7 Å². The highest BCUT2D eigenvalue weighted by molar-refractivity contribution is 6.62. The van der Waals surface area contributed by atoms with Gasteiger partial charge in [0.05, 0.1) is 35.8 Å². The van der Waals surface area contributed by atoms with Crippen LogP contribution < -0.4 is 16.3 Å². The van der Waals surface area contributed by atoms with Crippen LogP contribution in [0.3, 0.4) is 0 Å². The van der Waals surface area contributed by atoms with Crippen LogP contribution in [-0.4, -0.2) is 66.9 Å². The Labute approximate surface area is 286 Å². The van der Waals surface area contributed by atoms with Crippen LogP contribution in [0.5, 0.6) is 0 Å². The predicted molar refractivity (Wildman–Crippen MR) is 180 cm³/mol. The van der Waals surface area contributed by atoms with Crippen molar-refractivity contribution in [1.29, 1.82) is 0 Å². The summed E-state index contributed by atoms with van der Waals surface area (Å²) in [7, 11) is 2.56. The normalized spacial score (nSPS) is 19.0. The number of amides is 1. The van der Waals surface area contributed by atoms with Gasteiger partial charge in [-0.15, -0.1) is 0 Å². The van der Waals surface area contributed by atoms with Crippen molar-refractivity contribution in [1.82, 2.24) is 14.8 Å². The Morgan fingerprint density at radius 2 is 1.76 bits per heavy atom. The summed E-state index contributed by atoms with van der Waals surface area (Å²) in [6.07, 6.45) is -3.45. The summed E-state index contributed by atoms with van der Waals surface area (Å²) in [5.41, 5.74) is -2.88. The van der Waals surface area contributed by atoms with E-state index < -0.39 is 71.8 Å². The fourth-order valence-electron chi connectivity index (χ4n) is 5.98. The monoisotopic (exact) mass is 695 g/mol. The van der Waals surface area contributed by atoms with Crippen LogP contribution in [-0.2, 0) is 36.2 Å². The lowest BCUT2D eigenvalue weighted by Crippen LogP contribution is -2.44. The van der Waals surface area contributed by atoms with Gasteiger partial charge < -0.3 is 28.8 Å². The molecule has 1 aliphatic rings. The average Bonchev–Trinajstić information content (AvgIpc) is 3.24. The average molecular weight is 696 g/mol. The number of pyridine rings is 1. The number of carbonyl (C=O) groups excluding carboxylic acids is 2. The molecular formula is C35H50BF4N3O6. The van der Waals surface area contributed by atoms with Gasteiger partial charge in [0.25, 0.3) is 5.56 Å². The minimum atomic E-state index is -4.78. The summed E-state index contributed by atoms with van der Waals surface area (Å²) in [4.78, 5) is 41.9. The first-order valence-electron chi connectivity index (χ1n) is 16.7. The topological polar surface area (TPSA) is 99.1 Å². The van der Waals surface area contributed by atoms with E-state index in [4.69, 9.17) is 14.0 Å². The molecule has 49 heavy (non-hydrogen) atoms. The third kappa shape index (κ3) is 9.52. The molecule has 2 aromatic rings. The second-order valence-electron chi connectivity index (χ2n) is 14.1. The predicted octanol–water partition coefficient (Wildman–Crippen LogP) is 5.51. The number of likely N-dealkylation sites (N-methyl/N-ethyl adjacent to an activating group) is 1. The number of nitrogens with one attached hydrogen (secondary N) is 1. The smallest absolute Gasteiger partial charge is 0.466 e. The van der Waals surface area contributed by atoms with Crippen LogP contribution >= 0.6 is 0 Å². The molecule has 0 saturated carbocycles. The number of alkyl halides is 3. The molecule has 1 N–H and O–H groups in total. The number of aromatic nitrogens is 1. The number of esters is 1. The van der Waals surface area contributed by atoms with Gasteiger partial charge in [-0.2, -0.15) is 13.2 Å². The molecule has 14 heteroatoms. The highest BCUT2D eigenvalue weighted by Gasteiger charge is 2.53. The van der Waals surface area contributed by atoms with Crippen molar-refractivity contribution in [2.24, 2.45) is 5.92 Å². The van der Waals surface area contributed by atoms with Crippen LogP contribution in [0.25, 0.3) is 0 Å². The molecule has 0 bridgehead atoms. The van der Waals surface area contributed by atoms with E-state index in [9.17, 15) is 27.6 Å². The number of ether oxygens (including phenoxy) is 1. The Bertz CT molecular complexity index is 1560. The maximum atomic E-state index is 16.0. The molecule has 2 unspecified atom stereocenters. The molecule has 0 radical (unpaired) electrons. The van der Waals surface area contributed by atoms with Crippen molar-refractivity contribution in [3.05, 3.63) is 62.8 Å². The summed E-state index contributed by atoms with van der Waals surface area (Å²) in [6.45, 7) is 14.8. The third-order valence-corrected chi connectivity index (χ3v) is 9.29. The van der Waals surface area contributed by atoms with E-state index in [1.807, 2.05) is 27.7 Å². The lowest BCUT2D eigenvalue weighted by Gasteiger charge is -2.35. The van der Waals surface area contributed by atoms with E-state index in [1.54, 1.807) is 52.8 Å². The van der Waals surface area contributed by atoms with Crippen molar-refractivity contribution in [2.75, 3.05) is 27.2 Å². The van der Waals surface area contributed by atoms with Gasteiger partial charge >= 0.3 is 19.3 Å². The maximum Gasteiger partial charge on any atom is 0.494 e. The first-order valence-corrected chi connectivity index (χ1v) is 16.7. The van der Waals surface area contributed by atoms with Gasteiger partial charge in [0, 0.05) is 24.4 Å². The van der Waals surface area contributed by atoms with E-state index >= 15 is 4.39 Å². The zero-order valence-corrected chi connectivity index (χ0v) is 30.2. The van der Waals surface area contributed by atoms with Crippen LogP contribution in [0.2, 0.25) is 0 Å². The fraction of sp³-hybridized carbons (Fsp3) is 0.629. The first kappa shape index (κ1) is 40.2. The van der Waals surface area contributed by atoms with Crippen LogP contribution in [0.15, 0.2) is 29.2 Å². The molecule has 0 aliphatic carbocycles. The largest absolute Gasteiger partial charge is 0.494 e. The molecule has 3 rings (SSSR count). The third-order valence-electron chi connectivity index (χ3n) is 9.29. The van der Waals surface area contributed by atoms with Crippen LogP contribution in [0.4, 0.5) is 17.6 Å². The number of benzene rings is 1. The Morgan fingerprint density at radius 3 is 2.29 bits per heavy atom. The van der Waals surface area contributed by atoms with Gasteiger partial charge in [0.2, 0.25) is 5.91 Å². The van der Waals surface area contributed by atoms with E-state index in [-0.39, 0.29) is 48.6 Å². The lowest BCUT2D eigenvalue weighted by atomic mass is 9.76. The van der Waals surface area contributed by atoms with Gasteiger partial charge in [0.1, 0.15) is 11.9 Å². The van der Waals surface area contributed by atoms with Gasteiger partial charge in [-0.25, -0.2) is 4.39 Å². The number of rotatable bonds is 14. The number of nitrogens with zero attached hydrogens (tertiary/aromatic N) is 2. The van der Waals surface area contributed by atoms with Crippen molar-refractivity contribution in [3.8, 4) is 0 Å². The fourth-order valence-corrected chi connectivity index (χ4v) is 5.98. The quantitative estimate of drug-likeness (QED) is 0.158. The number of carbonyl (C=O) groups is 2. The van der Waals surface area contributed by atoms with E-state index in [0.29, 0.717) is 17.9 Å². The molecule has 272 valence electrons. The molecule has 9 nitrogen and oxygen atoms in total. The highest BCUT2D eigenvalue weighted by atomic mass is 19.4. The number of halogens is 4. The standard InChI is InChI=1S/C35H50BF4N3O6/c1-11-34(8)33(6,7)48-36(49-34)24-16-22(5)31(37)25(17-24)27(19-30(45)47-12-2)41-32(46)28(15-21(3)4)43-20-23(13-14-42(9)10)26(18-29(43)44)35(38,39)40/h16-18,20-21,27-28H,11-15,19H2,1-10H3,(H,41,46)/t27-,28?,34?/m0/s1. The molecule has 2 heterocycles. The SMILES string of the molecule is CCOC(=O)C[C@H](NC(=O)C(CC(C)C)n1cc(CCN(C)C)c(C(F)(F)F)cc1=O)c1cc(B2OC(C)(C)C(C)(CC)O2)cc(C)c1F. The summed E-state index contributed by atoms with van der Waals surface area (Å²) in [5.74, 6) is -2.32. The molecule has 1 aromatic carbocycles. The molecule has 1 aromatic heterocycles. The van der Waals surface area contributed by atoms with E-state index in [0.717, 1.165) is 10.8 Å². The summed E-state index contributed by atoms with van der Waals surface area (Å²) < 4.78 is 76.7. The van der Waals surface area contributed by atoms with Crippen molar-refractivity contribution in [2.45, 2.75) is 111 Å². The lowest BCUT2D eigenvalue weighted by molar-refractivity contribution is -0.144. The minimum absolute atomic E-state index is 0.0266.